The summed E-state index contributed by atoms with van der Waals surface area (Å²) in [6, 6.07) is 13.2. The summed E-state index contributed by atoms with van der Waals surface area (Å²) in [4.78, 5) is 18.3. The third-order valence-corrected chi connectivity index (χ3v) is 7.52. The van der Waals surface area contributed by atoms with E-state index in [1.54, 1.807) is 19.4 Å². The highest BCUT2D eigenvalue weighted by Gasteiger charge is 2.21. The molecule has 4 aromatic rings. The number of benzene rings is 2. The van der Waals surface area contributed by atoms with E-state index in [1.165, 1.54) is 6.07 Å². The largest absolute Gasteiger partial charge is 0.497 e. The van der Waals surface area contributed by atoms with E-state index in [0.29, 0.717) is 47.0 Å². The summed E-state index contributed by atoms with van der Waals surface area (Å²) < 4.78 is 26.8. The van der Waals surface area contributed by atoms with Crippen molar-refractivity contribution < 1.29 is 13.5 Å². The Hall–Kier alpha value is -3.83. The van der Waals surface area contributed by atoms with Gasteiger partial charge in [0.2, 0.25) is 5.95 Å². The molecule has 0 amide bonds. The molecular weight excluding hydrogens is 541 g/mol. The van der Waals surface area contributed by atoms with E-state index in [2.05, 4.69) is 41.6 Å². The van der Waals surface area contributed by atoms with Crippen molar-refractivity contribution >= 4 is 35.1 Å². The van der Waals surface area contributed by atoms with Crippen molar-refractivity contribution in [1.82, 2.24) is 19.9 Å². The Kier molecular flexibility index (Phi) is 9.25. The molecule has 0 atom stereocenters. The van der Waals surface area contributed by atoms with Crippen molar-refractivity contribution in [2.75, 3.05) is 73.9 Å². The average Bonchev–Trinajstić information content (AvgIpc) is 3.41. The van der Waals surface area contributed by atoms with Crippen molar-refractivity contribution in [3.05, 3.63) is 60.0 Å². The van der Waals surface area contributed by atoms with Crippen molar-refractivity contribution in [2.24, 2.45) is 0 Å². The fourth-order valence-electron chi connectivity index (χ4n) is 4.87. The Morgan fingerprint density at radius 3 is 2.63 bits per heavy atom. The molecular formula is C30H36FN7O2S. The van der Waals surface area contributed by atoms with Crippen LogP contribution in [0.25, 0.3) is 22.7 Å². The van der Waals surface area contributed by atoms with Gasteiger partial charge in [-0.2, -0.15) is 16.7 Å². The molecule has 41 heavy (non-hydrogen) atoms. The van der Waals surface area contributed by atoms with E-state index in [1.807, 2.05) is 55.9 Å². The van der Waals surface area contributed by atoms with Crippen LogP contribution in [0.15, 0.2) is 53.1 Å². The quantitative estimate of drug-likeness (QED) is 0.224. The van der Waals surface area contributed by atoms with E-state index in [-0.39, 0.29) is 5.82 Å². The van der Waals surface area contributed by atoms with Crippen molar-refractivity contribution in [3.8, 4) is 28.5 Å². The molecule has 1 fully saturated rings. The number of piperazine rings is 1. The molecule has 2 aromatic carbocycles. The number of aromatic nitrogens is 3. The average molecular weight is 578 g/mol. The lowest BCUT2D eigenvalue weighted by molar-refractivity contribution is 0.272. The van der Waals surface area contributed by atoms with Gasteiger partial charge in [-0.05, 0) is 68.1 Å². The van der Waals surface area contributed by atoms with Gasteiger partial charge in [0.05, 0.1) is 12.8 Å². The summed E-state index contributed by atoms with van der Waals surface area (Å²) in [6.45, 7) is 9.20. The minimum absolute atomic E-state index is 0.273. The number of hydrogen-bond donors (Lipinski definition) is 2. The second kappa shape index (κ2) is 13.2. The summed E-state index contributed by atoms with van der Waals surface area (Å²) in [6.07, 6.45) is 3.76. The normalized spacial score (nSPS) is 13.8. The fraction of sp³-hybridized carbons (Fsp3) is 0.367. The van der Waals surface area contributed by atoms with Gasteiger partial charge in [0.1, 0.15) is 23.0 Å². The van der Waals surface area contributed by atoms with Gasteiger partial charge in [0.15, 0.2) is 5.76 Å². The van der Waals surface area contributed by atoms with Crippen LogP contribution in [0.4, 0.5) is 27.7 Å². The lowest BCUT2D eigenvalue weighted by atomic mass is 10.1. The maximum absolute atomic E-state index is 15.2. The van der Waals surface area contributed by atoms with E-state index in [0.717, 1.165) is 55.4 Å². The number of hydrogen-bond acceptors (Lipinski definition) is 10. The third-order valence-electron chi connectivity index (χ3n) is 6.93. The molecule has 0 spiro atoms. The third kappa shape index (κ3) is 6.91. The number of nitrogens with one attached hydrogen (secondary N) is 2. The van der Waals surface area contributed by atoms with Crippen LogP contribution in [0, 0.1) is 12.7 Å². The molecule has 1 saturated heterocycles. The molecule has 1 aliphatic heterocycles. The summed E-state index contributed by atoms with van der Waals surface area (Å²) in [7, 11) is 1.64. The number of ether oxygens (including phenoxy) is 1. The molecule has 9 nitrogen and oxygen atoms in total. The Morgan fingerprint density at radius 1 is 1.07 bits per heavy atom. The maximum Gasteiger partial charge on any atom is 0.295 e. The Morgan fingerprint density at radius 2 is 1.90 bits per heavy atom. The number of aryl methyl sites for hydroxylation is 1. The zero-order valence-electron chi connectivity index (χ0n) is 23.9. The smallest absolute Gasteiger partial charge is 0.295 e. The van der Waals surface area contributed by atoms with Crippen LogP contribution in [-0.2, 0) is 0 Å². The molecule has 216 valence electrons. The number of anilines is 4. The molecule has 11 heteroatoms. The fourth-order valence-corrected chi connectivity index (χ4v) is 5.31. The first-order valence-electron chi connectivity index (χ1n) is 13.7. The molecule has 0 saturated carbocycles. The molecule has 3 heterocycles. The Balaban J connectivity index is 1.36. The van der Waals surface area contributed by atoms with Crippen LogP contribution in [0.3, 0.4) is 0 Å². The van der Waals surface area contributed by atoms with Crippen molar-refractivity contribution in [3.63, 3.8) is 0 Å². The SMILES string of the molecule is CCNc1nc(-c2cc(C)cc(OC)c2)c(-c2ccnc(Nc3ccc(N4CCN(CCSC)CC4)c(F)c3)n2)o1. The molecule has 2 aromatic heterocycles. The number of oxazole rings is 1. The topological polar surface area (TPSA) is 91.6 Å². The molecule has 2 N–H and O–H groups in total. The van der Waals surface area contributed by atoms with Crippen LogP contribution in [0.2, 0.25) is 0 Å². The monoisotopic (exact) mass is 577 g/mol. The lowest BCUT2D eigenvalue weighted by Crippen LogP contribution is -2.47. The Bertz CT molecular complexity index is 1470. The van der Waals surface area contributed by atoms with E-state index in [4.69, 9.17) is 9.15 Å². The molecule has 1 aliphatic rings. The van der Waals surface area contributed by atoms with Gasteiger partial charge < -0.3 is 24.7 Å². The van der Waals surface area contributed by atoms with Gasteiger partial charge in [-0.15, -0.1) is 0 Å². The number of nitrogens with zero attached hydrogens (tertiary/aromatic N) is 5. The summed E-state index contributed by atoms with van der Waals surface area (Å²) in [5, 5.41) is 6.28. The number of halogens is 1. The predicted octanol–water partition coefficient (Wildman–Crippen LogP) is 5.92. The standard InChI is InChI=1S/C30H36FN7O2S/c1-5-32-30-36-27(21-16-20(2)17-23(18-21)39-3)28(40-30)25-8-9-33-29(35-25)34-22-6-7-26(24(31)19-22)38-12-10-37(11-13-38)14-15-41-4/h6-9,16-19H,5,10-15H2,1-4H3,(H,32,36)(H,33,34,35). The molecule has 0 bridgehead atoms. The second-order valence-corrected chi connectivity index (χ2v) is 10.8. The van der Waals surface area contributed by atoms with Crippen molar-refractivity contribution in [1.29, 1.82) is 0 Å². The summed E-state index contributed by atoms with van der Waals surface area (Å²) >= 11 is 1.85. The van der Waals surface area contributed by atoms with Crippen molar-refractivity contribution in [2.45, 2.75) is 13.8 Å². The van der Waals surface area contributed by atoms with Gasteiger partial charge >= 0.3 is 0 Å². The molecule has 5 rings (SSSR count). The van der Waals surface area contributed by atoms with E-state index < -0.39 is 0 Å². The van der Waals surface area contributed by atoms with Gasteiger partial charge in [-0.1, -0.05) is 0 Å². The predicted molar refractivity (Wildman–Crippen MR) is 165 cm³/mol. The highest BCUT2D eigenvalue weighted by molar-refractivity contribution is 7.98. The van der Waals surface area contributed by atoms with Crippen LogP contribution in [0.1, 0.15) is 12.5 Å². The Labute approximate surface area is 244 Å². The molecule has 0 unspecified atom stereocenters. The first kappa shape index (κ1) is 28.7. The first-order valence-corrected chi connectivity index (χ1v) is 15.1. The highest BCUT2D eigenvalue weighted by Crippen LogP contribution is 2.36. The van der Waals surface area contributed by atoms with Crippen LogP contribution >= 0.6 is 11.8 Å². The zero-order chi connectivity index (χ0) is 28.8. The highest BCUT2D eigenvalue weighted by atomic mass is 32.2. The zero-order valence-corrected chi connectivity index (χ0v) is 24.7. The van der Waals surface area contributed by atoms with Crippen LogP contribution < -0.4 is 20.3 Å². The summed E-state index contributed by atoms with van der Waals surface area (Å²) in [5.41, 5.74) is 4.25. The number of methoxy groups -OCH3 is 1. The second-order valence-electron chi connectivity index (χ2n) is 9.84. The minimum Gasteiger partial charge on any atom is -0.497 e. The van der Waals surface area contributed by atoms with Gasteiger partial charge in [-0.25, -0.2) is 14.4 Å². The number of rotatable bonds is 11. The minimum atomic E-state index is -0.273. The molecule has 0 radical (unpaired) electrons. The first-order chi connectivity index (χ1) is 20.0. The maximum atomic E-state index is 15.2. The van der Waals surface area contributed by atoms with E-state index >= 15 is 4.39 Å². The molecule has 0 aliphatic carbocycles. The van der Waals surface area contributed by atoms with Gasteiger partial charge in [-0.3, -0.25) is 4.90 Å². The van der Waals surface area contributed by atoms with E-state index in [9.17, 15) is 0 Å². The summed E-state index contributed by atoms with van der Waals surface area (Å²) in [5.74, 6) is 2.40. The van der Waals surface area contributed by atoms with Crippen LogP contribution in [-0.4, -0.2) is 78.2 Å². The van der Waals surface area contributed by atoms with Gasteiger partial charge in [0, 0.05) is 62.5 Å². The van der Waals surface area contributed by atoms with Crippen LogP contribution in [0.5, 0.6) is 5.75 Å². The number of thioether (sulfide) groups is 1. The lowest BCUT2D eigenvalue weighted by Gasteiger charge is -2.36. The van der Waals surface area contributed by atoms with Gasteiger partial charge in [0.25, 0.3) is 6.01 Å².